The van der Waals surface area contributed by atoms with E-state index in [4.69, 9.17) is 9.47 Å². The van der Waals surface area contributed by atoms with E-state index in [1.807, 2.05) is 6.21 Å². The smallest absolute Gasteiger partial charge is 0.271 e. The third-order valence-electron chi connectivity index (χ3n) is 4.86. The number of nitrogens with zero attached hydrogens (tertiary/aromatic N) is 1. The van der Waals surface area contributed by atoms with E-state index >= 15 is 0 Å². The molecule has 21 heavy (non-hydrogen) atoms. The van der Waals surface area contributed by atoms with E-state index in [1.54, 1.807) is 18.2 Å². The van der Waals surface area contributed by atoms with Crippen LogP contribution in [-0.4, -0.2) is 18.9 Å². The van der Waals surface area contributed by atoms with Crippen LogP contribution < -0.4 is 14.9 Å². The molecule has 1 aliphatic heterocycles. The number of hydrogen-bond donors (Lipinski definition) is 1. The van der Waals surface area contributed by atoms with Crippen molar-refractivity contribution in [2.45, 2.75) is 25.7 Å². The number of carbonyl (C=O) groups excluding carboxylic acids is 1. The van der Waals surface area contributed by atoms with Crippen molar-refractivity contribution < 1.29 is 14.3 Å². The molecule has 1 aromatic rings. The van der Waals surface area contributed by atoms with Crippen LogP contribution >= 0.6 is 0 Å². The topological polar surface area (TPSA) is 59.9 Å². The maximum atomic E-state index is 12.1. The van der Waals surface area contributed by atoms with E-state index < -0.39 is 0 Å². The fourth-order valence-corrected chi connectivity index (χ4v) is 3.77. The third kappa shape index (κ3) is 2.37. The monoisotopic (exact) mass is 286 g/mol. The number of hydrazone groups is 1. The average molecular weight is 286 g/mol. The molecule has 0 unspecified atom stereocenters. The molecule has 5 nitrogen and oxygen atoms in total. The van der Waals surface area contributed by atoms with Gasteiger partial charge >= 0.3 is 0 Å². The van der Waals surface area contributed by atoms with E-state index in [9.17, 15) is 4.79 Å². The Hall–Kier alpha value is -2.04. The Balaban J connectivity index is 1.37. The van der Waals surface area contributed by atoms with Crippen LogP contribution in [0.4, 0.5) is 0 Å². The fraction of sp³-hybridized carbons (Fsp3) is 0.500. The quantitative estimate of drug-likeness (QED) is 0.686. The summed E-state index contributed by atoms with van der Waals surface area (Å²) in [5, 5.41) is 4.15. The van der Waals surface area contributed by atoms with Gasteiger partial charge < -0.3 is 9.47 Å². The van der Waals surface area contributed by atoms with E-state index in [1.165, 1.54) is 25.7 Å². The highest BCUT2D eigenvalue weighted by molar-refractivity contribution is 5.95. The van der Waals surface area contributed by atoms with Gasteiger partial charge in [0.05, 0.1) is 0 Å². The summed E-state index contributed by atoms with van der Waals surface area (Å²) in [6.07, 6.45) is 7.19. The van der Waals surface area contributed by atoms with Crippen molar-refractivity contribution in [3.8, 4) is 11.5 Å². The Bertz CT molecular complexity index is 599. The molecule has 1 heterocycles. The molecular formula is C16H18N2O3. The SMILES string of the molecule is O=C(N/N=C\[C@H]1C[C@H]2CC[C@@H]1C2)c1ccc2c(c1)OCO2. The molecule has 0 spiro atoms. The first-order chi connectivity index (χ1) is 10.3. The van der Waals surface area contributed by atoms with Gasteiger partial charge in [-0.2, -0.15) is 5.10 Å². The zero-order chi connectivity index (χ0) is 14.2. The summed E-state index contributed by atoms with van der Waals surface area (Å²) in [5.74, 6) is 3.28. The second-order valence-electron chi connectivity index (χ2n) is 6.13. The van der Waals surface area contributed by atoms with Gasteiger partial charge in [-0.25, -0.2) is 5.43 Å². The molecule has 110 valence electrons. The van der Waals surface area contributed by atoms with Crippen molar-refractivity contribution >= 4 is 12.1 Å². The molecule has 3 aliphatic rings. The van der Waals surface area contributed by atoms with Crippen LogP contribution in [0.2, 0.25) is 0 Å². The number of fused-ring (bicyclic) bond motifs is 3. The lowest BCUT2D eigenvalue weighted by atomic mass is 9.90. The average Bonchev–Trinajstić information content (AvgIpc) is 3.22. The zero-order valence-electron chi connectivity index (χ0n) is 11.7. The zero-order valence-corrected chi connectivity index (χ0v) is 11.7. The van der Waals surface area contributed by atoms with Crippen molar-refractivity contribution in [3.05, 3.63) is 23.8 Å². The first-order valence-electron chi connectivity index (χ1n) is 7.53. The normalized spacial score (nSPS) is 29.2. The van der Waals surface area contributed by atoms with E-state index in [0.29, 0.717) is 23.0 Å². The Morgan fingerprint density at radius 3 is 2.95 bits per heavy atom. The molecule has 1 amide bonds. The second kappa shape index (κ2) is 5.06. The number of benzene rings is 1. The molecule has 0 radical (unpaired) electrons. The van der Waals surface area contributed by atoms with Crippen LogP contribution in [0.15, 0.2) is 23.3 Å². The number of carbonyl (C=O) groups is 1. The lowest BCUT2D eigenvalue weighted by Gasteiger charge is -2.16. The minimum Gasteiger partial charge on any atom is -0.454 e. The molecule has 2 fully saturated rings. The highest BCUT2D eigenvalue weighted by Crippen LogP contribution is 2.47. The Labute approximate surface area is 123 Å². The van der Waals surface area contributed by atoms with Crippen LogP contribution in [-0.2, 0) is 0 Å². The number of ether oxygens (including phenoxy) is 2. The van der Waals surface area contributed by atoms with Crippen LogP contribution in [0.25, 0.3) is 0 Å². The molecule has 5 heteroatoms. The summed E-state index contributed by atoms with van der Waals surface area (Å²) >= 11 is 0. The van der Waals surface area contributed by atoms with Crippen molar-refractivity contribution in [2.24, 2.45) is 22.9 Å². The van der Waals surface area contributed by atoms with E-state index in [0.717, 1.165) is 11.8 Å². The molecule has 0 saturated heterocycles. The Morgan fingerprint density at radius 2 is 2.14 bits per heavy atom. The maximum absolute atomic E-state index is 12.1. The second-order valence-corrected chi connectivity index (χ2v) is 6.13. The number of rotatable bonds is 3. The molecule has 1 N–H and O–H groups in total. The van der Waals surface area contributed by atoms with Crippen LogP contribution in [0.3, 0.4) is 0 Å². The molecule has 4 rings (SSSR count). The number of amides is 1. The van der Waals surface area contributed by atoms with Gasteiger partial charge in [-0.15, -0.1) is 0 Å². The summed E-state index contributed by atoms with van der Waals surface area (Å²) in [6, 6.07) is 5.15. The van der Waals surface area contributed by atoms with Crippen LogP contribution in [0.1, 0.15) is 36.0 Å². The number of nitrogens with one attached hydrogen (secondary N) is 1. The predicted molar refractivity (Wildman–Crippen MR) is 77.5 cm³/mol. The Kier molecular flexibility index (Phi) is 3.05. The van der Waals surface area contributed by atoms with Gasteiger partial charge in [0.1, 0.15) is 0 Å². The summed E-state index contributed by atoms with van der Waals surface area (Å²) in [4.78, 5) is 12.1. The third-order valence-corrected chi connectivity index (χ3v) is 4.86. The van der Waals surface area contributed by atoms with Gasteiger partial charge in [-0.3, -0.25) is 4.79 Å². The highest BCUT2D eigenvalue weighted by Gasteiger charge is 2.38. The van der Waals surface area contributed by atoms with Gasteiger partial charge in [0.15, 0.2) is 11.5 Å². The van der Waals surface area contributed by atoms with Crippen molar-refractivity contribution in [3.63, 3.8) is 0 Å². The molecule has 2 saturated carbocycles. The standard InChI is InChI=1S/C16H18N2O3/c19-16(12-3-4-14-15(7-12)21-9-20-14)18-17-8-13-6-10-1-2-11(13)5-10/h3-4,7-8,10-11,13H,1-2,5-6,9H2,(H,18,19)/b17-8-/t10-,11+,13+/m0/s1. The predicted octanol–water partition coefficient (Wildman–Crippen LogP) is 2.57. The van der Waals surface area contributed by atoms with E-state index in [2.05, 4.69) is 10.5 Å². The number of hydrogen-bond acceptors (Lipinski definition) is 4. The van der Waals surface area contributed by atoms with Gasteiger partial charge in [0.2, 0.25) is 6.79 Å². The molecule has 2 aliphatic carbocycles. The van der Waals surface area contributed by atoms with Crippen LogP contribution in [0, 0.1) is 17.8 Å². The van der Waals surface area contributed by atoms with Gasteiger partial charge in [0.25, 0.3) is 5.91 Å². The van der Waals surface area contributed by atoms with Gasteiger partial charge in [-0.05, 0) is 55.2 Å². The first-order valence-corrected chi connectivity index (χ1v) is 7.53. The van der Waals surface area contributed by atoms with Crippen molar-refractivity contribution in [2.75, 3.05) is 6.79 Å². The maximum Gasteiger partial charge on any atom is 0.271 e. The Morgan fingerprint density at radius 1 is 1.24 bits per heavy atom. The minimum atomic E-state index is -0.215. The minimum absolute atomic E-state index is 0.211. The van der Waals surface area contributed by atoms with Gasteiger partial charge in [-0.1, -0.05) is 6.42 Å². The molecular weight excluding hydrogens is 268 g/mol. The molecule has 3 atom stereocenters. The highest BCUT2D eigenvalue weighted by atomic mass is 16.7. The van der Waals surface area contributed by atoms with Gasteiger partial charge in [0, 0.05) is 11.8 Å². The van der Waals surface area contributed by atoms with Crippen molar-refractivity contribution in [1.82, 2.24) is 5.43 Å². The summed E-state index contributed by atoms with van der Waals surface area (Å²) in [6.45, 7) is 0.211. The fourth-order valence-electron chi connectivity index (χ4n) is 3.77. The molecule has 1 aromatic carbocycles. The molecule has 0 aromatic heterocycles. The van der Waals surface area contributed by atoms with Crippen molar-refractivity contribution in [1.29, 1.82) is 0 Å². The van der Waals surface area contributed by atoms with Crippen LogP contribution in [0.5, 0.6) is 11.5 Å². The first kappa shape index (κ1) is 12.7. The van der Waals surface area contributed by atoms with E-state index in [-0.39, 0.29) is 12.7 Å². The summed E-state index contributed by atoms with van der Waals surface area (Å²) in [7, 11) is 0. The summed E-state index contributed by atoms with van der Waals surface area (Å²) in [5.41, 5.74) is 3.14. The molecule has 2 bridgehead atoms. The largest absolute Gasteiger partial charge is 0.454 e. The lowest BCUT2D eigenvalue weighted by molar-refractivity contribution is 0.0954. The summed E-state index contributed by atoms with van der Waals surface area (Å²) < 4.78 is 10.5. The lowest BCUT2D eigenvalue weighted by Crippen LogP contribution is -2.20.